The summed E-state index contributed by atoms with van der Waals surface area (Å²) in [5, 5.41) is 3.19. The van der Waals surface area contributed by atoms with Gasteiger partial charge >= 0.3 is 5.97 Å². The molecule has 0 aromatic heterocycles. The molecule has 0 amide bonds. The molecule has 1 rings (SSSR count). The second-order valence-corrected chi connectivity index (χ2v) is 5.93. The fourth-order valence-corrected chi connectivity index (χ4v) is 2.54. The molecule has 0 aliphatic carbocycles. The van der Waals surface area contributed by atoms with Crippen LogP contribution in [0.4, 0.5) is 0 Å². The maximum absolute atomic E-state index is 11.6. The summed E-state index contributed by atoms with van der Waals surface area (Å²) in [6.45, 7) is 11.5. The molecule has 0 spiro atoms. The Bertz CT molecular complexity index is 294. The first kappa shape index (κ1) is 16.4. The number of rotatable bonds is 6. The molecule has 5 heteroatoms. The maximum atomic E-state index is 11.6. The van der Waals surface area contributed by atoms with Crippen LogP contribution in [0.3, 0.4) is 0 Å². The molecule has 0 aromatic rings. The minimum absolute atomic E-state index is 0.157. The Hall–Kier alpha value is -0.650. The van der Waals surface area contributed by atoms with Crippen LogP contribution in [-0.4, -0.2) is 74.2 Å². The Kier molecular flexibility index (Phi) is 6.23. The molecule has 0 saturated carbocycles. The summed E-state index contributed by atoms with van der Waals surface area (Å²) in [7, 11) is 3.62. The highest BCUT2D eigenvalue weighted by atomic mass is 16.5. The van der Waals surface area contributed by atoms with E-state index in [9.17, 15) is 4.79 Å². The summed E-state index contributed by atoms with van der Waals surface area (Å²) in [5.41, 5.74) is 0.206. The fraction of sp³-hybridized carbons (Fsp3) is 0.929. The van der Waals surface area contributed by atoms with Crippen molar-refractivity contribution in [3.05, 3.63) is 0 Å². The van der Waals surface area contributed by atoms with Gasteiger partial charge in [-0.1, -0.05) is 6.92 Å². The molecular weight excluding hydrogens is 242 g/mol. The summed E-state index contributed by atoms with van der Waals surface area (Å²) < 4.78 is 4.83. The maximum Gasteiger partial charge on any atom is 0.322 e. The predicted octanol–water partition coefficient (Wildman–Crippen LogP) is 0.554. The second kappa shape index (κ2) is 7.22. The molecule has 1 saturated heterocycles. The Balaban J connectivity index is 2.44. The van der Waals surface area contributed by atoms with E-state index < -0.39 is 0 Å². The summed E-state index contributed by atoms with van der Waals surface area (Å²) in [5.74, 6) is -0.157. The number of piperazine rings is 1. The first-order valence-electron chi connectivity index (χ1n) is 7.15. The molecule has 0 aromatic carbocycles. The van der Waals surface area contributed by atoms with E-state index in [-0.39, 0.29) is 17.6 Å². The van der Waals surface area contributed by atoms with Crippen LogP contribution in [-0.2, 0) is 9.53 Å². The quantitative estimate of drug-likeness (QED) is 0.715. The highest BCUT2D eigenvalue weighted by molar-refractivity contribution is 5.75. The standard InChI is InChI=1S/C14H29N3O2/c1-6-15-12(13(18)19-5)7-8-17-10-9-16(4)14(2,3)11-17/h12,15H,6-11H2,1-5H3. The van der Waals surface area contributed by atoms with Gasteiger partial charge in [0.05, 0.1) is 7.11 Å². The molecule has 1 unspecified atom stereocenters. The highest BCUT2D eigenvalue weighted by Crippen LogP contribution is 2.19. The largest absolute Gasteiger partial charge is 0.468 e. The number of ether oxygens (including phenoxy) is 1. The zero-order valence-corrected chi connectivity index (χ0v) is 13.0. The van der Waals surface area contributed by atoms with Crippen LogP contribution in [0.1, 0.15) is 27.2 Å². The first-order valence-corrected chi connectivity index (χ1v) is 7.15. The number of esters is 1. The van der Waals surface area contributed by atoms with Gasteiger partial charge in [0.2, 0.25) is 0 Å². The van der Waals surface area contributed by atoms with Crippen LogP contribution >= 0.6 is 0 Å². The summed E-state index contributed by atoms with van der Waals surface area (Å²) in [6.07, 6.45) is 0.806. The number of carbonyl (C=O) groups is 1. The van der Waals surface area contributed by atoms with E-state index in [1.54, 1.807) is 0 Å². The van der Waals surface area contributed by atoms with Crippen molar-refractivity contribution < 1.29 is 9.53 Å². The Morgan fingerprint density at radius 2 is 2.11 bits per heavy atom. The van der Waals surface area contributed by atoms with Crippen molar-refractivity contribution in [2.45, 2.75) is 38.8 Å². The number of likely N-dealkylation sites (N-methyl/N-ethyl adjacent to an activating group) is 2. The van der Waals surface area contributed by atoms with Crippen molar-refractivity contribution in [1.82, 2.24) is 15.1 Å². The lowest BCUT2D eigenvalue weighted by atomic mass is 9.99. The zero-order chi connectivity index (χ0) is 14.5. The number of methoxy groups -OCH3 is 1. The van der Waals surface area contributed by atoms with Gasteiger partial charge < -0.3 is 15.0 Å². The van der Waals surface area contributed by atoms with Crippen molar-refractivity contribution in [2.24, 2.45) is 0 Å². The Morgan fingerprint density at radius 3 is 2.63 bits per heavy atom. The monoisotopic (exact) mass is 271 g/mol. The SMILES string of the molecule is CCNC(CCN1CCN(C)C(C)(C)C1)C(=O)OC. The van der Waals surface area contributed by atoms with Crippen LogP contribution in [0.5, 0.6) is 0 Å². The van der Waals surface area contributed by atoms with Crippen molar-refractivity contribution in [3.8, 4) is 0 Å². The molecule has 1 heterocycles. The fourth-order valence-electron chi connectivity index (χ4n) is 2.54. The van der Waals surface area contributed by atoms with Gasteiger partial charge in [-0.05, 0) is 33.9 Å². The average molecular weight is 271 g/mol. The summed E-state index contributed by atoms with van der Waals surface area (Å²) >= 11 is 0. The molecule has 0 radical (unpaired) electrons. The van der Waals surface area contributed by atoms with Crippen LogP contribution in [0, 0.1) is 0 Å². The lowest BCUT2D eigenvalue weighted by molar-refractivity contribution is -0.143. The summed E-state index contributed by atoms with van der Waals surface area (Å²) in [6, 6.07) is -0.183. The van der Waals surface area contributed by atoms with Crippen molar-refractivity contribution in [3.63, 3.8) is 0 Å². The minimum atomic E-state index is -0.183. The molecule has 0 bridgehead atoms. The molecule has 1 atom stereocenters. The lowest BCUT2D eigenvalue weighted by Gasteiger charge is -2.45. The van der Waals surface area contributed by atoms with E-state index in [4.69, 9.17) is 4.74 Å². The lowest BCUT2D eigenvalue weighted by Crippen LogP contribution is -2.58. The predicted molar refractivity (Wildman–Crippen MR) is 77.2 cm³/mol. The summed E-state index contributed by atoms with van der Waals surface area (Å²) in [4.78, 5) is 16.5. The zero-order valence-electron chi connectivity index (χ0n) is 13.0. The van der Waals surface area contributed by atoms with Crippen LogP contribution in [0.2, 0.25) is 0 Å². The molecule has 19 heavy (non-hydrogen) atoms. The second-order valence-electron chi connectivity index (χ2n) is 5.93. The van der Waals surface area contributed by atoms with Crippen molar-refractivity contribution in [2.75, 3.05) is 46.9 Å². The van der Waals surface area contributed by atoms with E-state index in [1.165, 1.54) is 7.11 Å². The van der Waals surface area contributed by atoms with Gasteiger partial charge in [0, 0.05) is 31.7 Å². The molecule has 1 N–H and O–H groups in total. The van der Waals surface area contributed by atoms with Gasteiger partial charge in [0.15, 0.2) is 0 Å². The van der Waals surface area contributed by atoms with E-state index in [0.717, 1.165) is 39.1 Å². The van der Waals surface area contributed by atoms with Gasteiger partial charge in [0.1, 0.15) is 6.04 Å². The number of nitrogens with one attached hydrogen (secondary N) is 1. The van der Waals surface area contributed by atoms with E-state index in [0.29, 0.717) is 0 Å². The van der Waals surface area contributed by atoms with Gasteiger partial charge in [-0.2, -0.15) is 0 Å². The van der Waals surface area contributed by atoms with E-state index >= 15 is 0 Å². The Morgan fingerprint density at radius 1 is 1.42 bits per heavy atom. The van der Waals surface area contributed by atoms with Crippen LogP contribution in [0.15, 0.2) is 0 Å². The number of hydrogen-bond acceptors (Lipinski definition) is 5. The van der Waals surface area contributed by atoms with Gasteiger partial charge in [-0.25, -0.2) is 0 Å². The number of hydrogen-bond donors (Lipinski definition) is 1. The smallest absolute Gasteiger partial charge is 0.322 e. The molecular formula is C14H29N3O2. The third kappa shape index (κ3) is 4.75. The molecule has 1 aliphatic rings. The molecule has 112 valence electrons. The van der Waals surface area contributed by atoms with Gasteiger partial charge in [-0.15, -0.1) is 0 Å². The average Bonchev–Trinajstić information content (AvgIpc) is 2.37. The Labute approximate surface area is 117 Å². The third-order valence-corrected chi connectivity index (χ3v) is 4.07. The first-order chi connectivity index (χ1) is 8.90. The highest BCUT2D eigenvalue weighted by Gasteiger charge is 2.31. The van der Waals surface area contributed by atoms with Crippen molar-refractivity contribution >= 4 is 5.97 Å². The number of carbonyl (C=O) groups excluding carboxylic acids is 1. The minimum Gasteiger partial charge on any atom is -0.468 e. The molecule has 1 aliphatic heterocycles. The van der Waals surface area contributed by atoms with Crippen LogP contribution < -0.4 is 5.32 Å². The van der Waals surface area contributed by atoms with Gasteiger partial charge in [0.25, 0.3) is 0 Å². The van der Waals surface area contributed by atoms with Crippen molar-refractivity contribution in [1.29, 1.82) is 0 Å². The third-order valence-electron chi connectivity index (χ3n) is 4.07. The van der Waals surface area contributed by atoms with E-state index in [1.807, 2.05) is 6.92 Å². The molecule has 5 nitrogen and oxygen atoms in total. The van der Waals surface area contributed by atoms with Crippen LogP contribution in [0.25, 0.3) is 0 Å². The van der Waals surface area contributed by atoms with Gasteiger partial charge in [-0.3, -0.25) is 9.69 Å². The molecule has 1 fully saturated rings. The number of nitrogens with zero attached hydrogens (tertiary/aromatic N) is 2. The topological polar surface area (TPSA) is 44.8 Å². The normalized spacial score (nSPS) is 22.2. The van der Waals surface area contributed by atoms with E-state index in [2.05, 4.69) is 36.0 Å².